The number of hydrogen-bond acceptors (Lipinski definition) is 4. The molecule has 0 bridgehead atoms. The van der Waals surface area contributed by atoms with Crippen LogP contribution in [0.4, 0.5) is 0 Å². The minimum absolute atomic E-state index is 0.0721. The van der Waals surface area contributed by atoms with Crippen molar-refractivity contribution in [1.82, 2.24) is 25.4 Å². The van der Waals surface area contributed by atoms with Crippen molar-refractivity contribution < 1.29 is 4.74 Å². The largest absolute Gasteiger partial charge is 0.379 e. The lowest BCUT2D eigenvalue weighted by molar-refractivity contribution is 0.0205. The van der Waals surface area contributed by atoms with E-state index in [1.807, 2.05) is 18.5 Å². The van der Waals surface area contributed by atoms with Crippen molar-refractivity contribution in [1.29, 1.82) is 0 Å². The van der Waals surface area contributed by atoms with Crippen LogP contribution in [0.3, 0.4) is 0 Å². The number of ether oxygens (including phenoxy) is 1. The van der Waals surface area contributed by atoms with Gasteiger partial charge in [0, 0.05) is 27.2 Å². The molecule has 0 amide bonds. The van der Waals surface area contributed by atoms with E-state index in [1.54, 1.807) is 13.4 Å². The van der Waals surface area contributed by atoms with Gasteiger partial charge < -0.3 is 19.9 Å². The number of aromatic nitrogens is 3. The van der Waals surface area contributed by atoms with Gasteiger partial charge in [0.15, 0.2) is 11.8 Å². The van der Waals surface area contributed by atoms with E-state index in [-0.39, 0.29) is 11.5 Å². The summed E-state index contributed by atoms with van der Waals surface area (Å²) in [4.78, 5) is 4.52. The molecule has 0 aliphatic rings. The summed E-state index contributed by atoms with van der Waals surface area (Å²) < 4.78 is 7.40. The van der Waals surface area contributed by atoms with Crippen LogP contribution in [0, 0.1) is 5.41 Å². The number of hydrogen-bond donors (Lipinski definition) is 2. The maximum Gasteiger partial charge on any atom is 0.191 e. The maximum absolute atomic E-state index is 5.54. The second-order valence-corrected chi connectivity index (χ2v) is 6.02. The van der Waals surface area contributed by atoms with E-state index in [0.29, 0.717) is 13.1 Å². The van der Waals surface area contributed by atoms with E-state index in [0.717, 1.165) is 18.3 Å². The van der Waals surface area contributed by atoms with Crippen molar-refractivity contribution in [3.05, 3.63) is 12.2 Å². The predicted molar refractivity (Wildman–Crippen MR) is 84.1 cm³/mol. The number of methoxy groups -OCH3 is 1. The van der Waals surface area contributed by atoms with Gasteiger partial charge in [0.1, 0.15) is 12.9 Å². The summed E-state index contributed by atoms with van der Waals surface area (Å²) in [5.74, 6) is 1.58. The number of aryl methyl sites for hydroxylation is 1. The predicted octanol–water partition coefficient (Wildman–Crippen LogP) is 0.931. The first kappa shape index (κ1) is 17.4. The van der Waals surface area contributed by atoms with Crippen LogP contribution in [0.15, 0.2) is 11.3 Å². The van der Waals surface area contributed by atoms with E-state index in [9.17, 15) is 0 Å². The van der Waals surface area contributed by atoms with Crippen molar-refractivity contribution in [2.24, 2.45) is 17.5 Å². The van der Waals surface area contributed by atoms with E-state index in [2.05, 4.69) is 46.6 Å². The minimum Gasteiger partial charge on any atom is -0.379 e. The molecule has 120 valence electrons. The zero-order valence-corrected chi connectivity index (χ0v) is 14.0. The smallest absolute Gasteiger partial charge is 0.191 e. The molecule has 1 aromatic heterocycles. The molecular formula is C14H28N6O. The zero-order chi connectivity index (χ0) is 15.9. The molecule has 0 radical (unpaired) electrons. The van der Waals surface area contributed by atoms with Gasteiger partial charge in [-0.2, -0.15) is 0 Å². The number of rotatable bonds is 6. The summed E-state index contributed by atoms with van der Waals surface area (Å²) in [6, 6.07) is 0. The molecule has 2 N–H and O–H groups in total. The van der Waals surface area contributed by atoms with E-state index in [4.69, 9.17) is 4.74 Å². The van der Waals surface area contributed by atoms with Gasteiger partial charge in [-0.3, -0.25) is 0 Å². The standard InChI is InChI=1S/C14H28N6O/c1-7-15-13(16-8-11(21-6)14(2,3)4)17-9-12-19-18-10-20(12)5/h10-11H,7-9H2,1-6H3,(H2,15,16,17). The third kappa shape index (κ3) is 5.71. The molecule has 7 nitrogen and oxygen atoms in total. The van der Waals surface area contributed by atoms with Crippen LogP contribution in [-0.2, 0) is 18.3 Å². The summed E-state index contributed by atoms with van der Waals surface area (Å²) in [6.07, 6.45) is 1.78. The van der Waals surface area contributed by atoms with E-state index >= 15 is 0 Å². The highest BCUT2D eigenvalue weighted by atomic mass is 16.5. The Labute approximate surface area is 127 Å². The SMILES string of the molecule is CCNC(=NCc1nncn1C)NCC(OC)C(C)(C)C. The fourth-order valence-corrected chi connectivity index (χ4v) is 1.87. The fraction of sp³-hybridized carbons (Fsp3) is 0.786. The Balaban J connectivity index is 2.62. The number of aliphatic imine (C=N–C) groups is 1. The second kappa shape index (κ2) is 7.97. The van der Waals surface area contributed by atoms with Gasteiger partial charge in [0.25, 0.3) is 0 Å². The monoisotopic (exact) mass is 296 g/mol. The maximum atomic E-state index is 5.54. The van der Waals surface area contributed by atoms with Crippen molar-refractivity contribution in [2.45, 2.75) is 40.3 Å². The van der Waals surface area contributed by atoms with E-state index in [1.165, 1.54) is 0 Å². The van der Waals surface area contributed by atoms with Crippen LogP contribution < -0.4 is 10.6 Å². The molecule has 21 heavy (non-hydrogen) atoms. The molecule has 1 unspecified atom stereocenters. The van der Waals surface area contributed by atoms with E-state index < -0.39 is 0 Å². The van der Waals surface area contributed by atoms with Gasteiger partial charge in [-0.25, -0.2) is 4.99 Å². The molecule has 0 aliphatic heterocycles. The number of guanidine groups is 1. The van der Waals surface area contributed by atoms with Gasteiger partial charge >= 0.3 is 0 Å². The molecule has 0 fully saturated rings. The quantitative estimate of drug-likeness (QED) is 0.603. The Kier molecular flexibility index (Phi) is 6.61. The molecule has 0 saturated carbocycles. The third-order valence-corrected chi connectivity index (χ3v) is 3.23. The Morgan fingerprint density at radius 2 is 2.14 bits per heavy atom. The van der Waals surface area contributed by atoms with Crippen molar-refractivity contribution in [2.75, 3.05) is 20.2 Å². The Hall–Kier alpha value is -1.63. The zero-order valence-electron chi connectivity index (χ0n) is 14.0. The first-order chi connectivity index (χ1) is 9.88. The summed E-state index contributed by atoms with van der Waals surface area (Å²) in [5.41, 5.74) is 0.0721. The lowest BCUT2D eigenvalue weighted by atomic mass is 9.89. The van der Waals surface area contributed by atoms with Gasteiger partial charge in [-0.15, -0.1) is 10.2 Å². The molecular weight excluding hydrogens is 268 g/mol. The van der Waals surface area contributed by atoms with Gasteiger partial charge in [-0.1, -0.05) is 20.8 Å². The van der Waals surface area contributed by atoms with Crippen molar-refractivity contribution >= 4 is 5.96 Å². The molecule has 1 heterocycles. The summed E-state index contributed by atoms with van der Waals surface area (Å²) in [5, 5.41) is 14.4. The average Bonchev–Trinajstić information content (AvgIpc) is 2.80. The van der Waals surface area contributed by atoms with Crippen molar-refractivity contribution in [3.63, 3.8) is 0 Å². The first-order valence-electron chi connectivity index (χ1n) is 7.26. The lowest BCUT2D eigenvalue weighted by Crippen LogP contribution is -2.45. The molecule has 1 atom stereocenters. The van der Waals surface area contributed by atoms with Gasteiger partial charge in [0.05, 0.1) is 6.10 Å². The normalized spacial score (nSPS) is 14.1. The van der Waals surface area contributed by atoms with Crippen molar-refractivity contribution in [3.8, 4) is 0 Å². The molecule has 0 saturated heterocycles. The molecule has 7 heteroatoms. The van der Waals surface area contributed by atoms with Crippen LogP contribution >= 0.6 is 0 Å². The molecule has 0 aromatic carbocycles. The van der Waals surface area contributed by atoms with Crippen LogP contribution in [0.2, 0.25) is 0 Å². The highest BCUT2D eigenvalue weighted by molar-refractivity contribution is 5.79. The van der Waals surface area contributed by atoms with Crippen LogP contribution in [0.1, 0.15) is 33.5 Å². The highest BCUT2D eigenvalue weighted by Crippen LogP contribution is 2.20. The minimum atomic E-state index is 0.0721. The third-order valence-electron chi connectivity index (χ3n) is 3.23. The van der Waals surface area contributed by atoms with Gasteiger partial charge in [0.2, 0.25) is 0 Å². The van der Waals surface area contributed by atoms with Crippen LogP contribution in [-0.4, -0.2) is 47.0 Å². The molecule has 0 aliphatic carbocycles. The highest BCUT2D eigenvalue weighted by Gasteiger charge is 2.24. The molecule has 1 rings (SSSR count). The fourth-order valence-electron chi connectivity index (χ4n) is 1.87. The first-order valence-corrected chi connectivity index (χ1v) is 7.26. The second-order valence-electron chi connectivity index (χ2n) is 6.02. The van der Waals surface area contributed by atoms with Crippen LogP contribution in [0.25, 0.3) is 0 Å². The summed E-state index contributed by atoms with van der Waals surface area (Å²) in [6.45, 7) is 10.5. The Bertz CT molecular complexity index is 449. The van der Waals surface area contributed by atoms with Crippen LogP contribution in [0.5, 0.6) is 0 Å². The lowest BCUT2D eigenvalue weighted by Gasteiger charge is -2.30. The summed E-state index contributed by atoms with van der Waals surface area (Å²) >= 11 is 0. The van der Waals surface area contributed by atoms with Gasteiger partial charge in [-0.05, 0) is 12.3 Å². The molecule has 0 spiro atoms. The number of nitrogens with zero attached hydrogens (tertiary/aromatic N) is 4. The Morgan fingerprint density at radius 1 is 1.43 bits per heavy atom. The summed E-state index contributed by atoms with van der Waals surface area (Å²) in [7, 11) is 3.65. The number of nitrogens with one attached hydrogen (secondary N) is 2. The topological polar surface area (TPSA) is 76.4 Å². The Morgan fingerprint density at radius 3 is 2.62 bits per heavy atom. The molecule has 1 aromatic rings. The average molecular weight is 296 g/mol.